The molecule has 0 heterocycles. The monoisotopic (exact) mass is 111 g/mol. The Morgan fingerprint density at radius 3 is 2.62 bits per heavy atom. The normalized spacial score (nSPS) is 13.8. The molecule has 46 valence electrons. The molecule has 0 fully saturated rings. The third-order valence-corrected chi connectivity index (χ3v) is 0.862. The second-order valence-corrected chi connectivity index (χ2v) is 1.69. The highest BCUT2D eigenvalue weighted by atomic mass is 14.9. The molecule has 0 saturated carbocycles. The van der Waals surface area contributed by atoms with Gasteiger partial charge in [0.25, 0.3) is 0 Å². The first-order valence-corrected chi connectivity index (χ1v) is 2.81. The predicted octanol–water partition coefficient (Wildman–Crippen LogP) is 1.68. The van der Waals surface area contributed by atoms with Crippen LogP contribution >= 0.6 is 0 Å². The number of nitrogens with one attached hydrogen (secondary N) is 1. The smallest absolute Gasteiger partial charge is 0.0410 e. The molecule has 0 saturated heterocycles. The zero-order valence-corrected chi connectivity index (χ0v) is 5.52. The topological polar surface area (TPSA) is 12.0 Å². The highest BCUT2D eigenvalue weighted by Gasteiger charge is 1.84. The minimum atomic E-state index is 0.414. The van der Waals surface area contributed by atoms with Gasteiger partial charge >= 0.3 is 0 Å². The molecule has 0 aromatic carbocycles. The van der Waals surface area contributed by atoms with Crippen LogP contribution in [-0.2, 0) is 0 Å². The maximum Gasteiger partial charge on any atom is 0.0410 e. The van der Waals surface area contributed by atoms with Crippen molar-refractivity contribution in [3.8, 4) is 0 Å². The number of rotatable bonds is 3. The Kier molecular flexibility index (Phi) is 4.04. The third-order valence-electron chi connectivity index (χ3n) is 0.862. The number of allylic oxidation sites excluding steroid dienone is 1. The number of hydrogen-bond acceptors (Lipinski definition) is 1. The van der Waals surface area contributed by atoms with Gasteiger partial charge in [-0.2, -0.15) is 0 Å². The quantitative estimate of drug-likeness (QED) is 0.546. The molecule has 0 rings (SSSR count). The molecule has 0 bridgehead atoms. The Bertz CT molecular complexity index is 84.4. The van der Waals surface area contributed by atoms with Crippen molar-refractivity contribution in [2.45, 2.75) is 19.9 Å². The zero-order chi connectivity index (χ0) is 6.41. The van der Waals surface area contributed by atoms with Gasteiger partial charge in [0.1, 0.15) is 0 Å². The van der Waals surface area contributed by atoms with Gasteiger partial charge in [0, 0.05) is 6.04 Å². The molecule has 0 radical (unpaired) electrons. The van der Waals surface area contributed by atoms with E-state index in [9.17, 15) is 0 Å². The van der Waals surface area contributed by atoms with Crippen molar-refractivity contribution in [2.24, 2.45) is 0 Å². The van der Waals surface area contributed by atoms with Crippen molar-refractivity contribution < 1.29 is 0 Å². The van der Waals surface area contributed by atoms with Gasteiger partial charge in [0.15, 0.2) is 0 Å². The lowest BCUT2D eigenvalue weighted by Gasteiger charge is -2.02. The molecule has 0 aliphatic heterocycles. The van der Waals surface area contributed by atoms with Crippen LogP contribution in [0.1, 0.15) is 13.8 Å². The van der Waals surface area contributed by atoms with Gasteiger partial charge in [0.05, 0.1) is 0 Å². The second kappa shape index (κ2) is 4.44. The summed E-state index contributed by atoms with van der Waals surface area (Å²) in [6, 6.07) is 0.414. The average Bonchev–Trinajstić information content (AvgIpc) is 1.68. The average molecular weight is 111 g/mol. The Morgan fingerprint density at radius 1 is 1.62 bits per heavy atom. The van der Waals surface area contributed by atoms with Gasteiger partial charge in [-0.1, -0.05) is 18.7 Å². The largest absolute Gasteiger partial charge is 0.385 e. The molecule has 0 unspecified atom stereocenters. The van der Waals surface area contributed by atoms with Crippen LogP contribution in [0, 0.1) is 0 Å². The fourth-order valence-electron chi connectivity index (χ4n) is 0.530. The molecule has 1 N–H and O–H groups in total. The van der Waals surface area contributed by atoms with Crippen LogP contribution in [0.5, 0.6) is 0 Å². The van der Waals surface area contributed by atoms with Crippen LogP contribution in [0.3, 0.4) is 0 Å². The lowest BCUT2D eigenvalue weighted by atomic mass is 10.3. The van der Waals surface area contributed by atoms with E-state index in [4.69, 9.17) is 0 Å². The van der Waals surface area contributed by atoms with Crippen molar-refractivity contribution in [3.05, 3.63) is 24.9 Å². The van der Waals surface area contributed by atoms with Gasteiger partial charge in [-0.05, 0) is 20.0 Å². The van der Waals surface area contributed by atoms with Crippen LogP contribution in [0.15, 0.2) is 24.9 Å². The van der Waals surface area contributed by atoms with Crippen molar-refractivity contribution in [1.82, 2.24) is 5.32 Å². The molecule has 1 nitrogen and oxygen atoms in total. The summed E-state index contributed by atoms with van der Waals surface area (Å²) in [6.45, 7) is 7.61. The third kappa shape index (κ3) is 3.47. The summed E-state index contributed by atoms with van der Waals surface area (Å²) in [5, 5.41) is 3.02. The van der Waals surface area contributed by atoms with Crippen molar-refractivity contribution >= 4 is 0 Å². The second-order valence-electron chi connectivity index (χ2n) is 1.69. The first-order valence-electron chi connectivity index (χ1n) is 2.81. The van der Waals surface area contributed by atoms with E-state index in [2.05, 4.69) is 24.9 Å². The van der Waals surface area contributed by atoms with E-state index >= 15 is 0 Å². The Labute approximate surface area is 51.1 Å². The van der Waals surface area contributed by atoms with Gasteiger partial charge in [-0.25, -0.2) is 0 Å². The van der Waals surface area contributed by atoms with Crippen molar-refractivity contribution in [3.63, 3.8) is 0 Å². The summed E-state index contributed by atoms with van der Waals surface area (Å²) in [6.07, 6.45) is 5.79. The Balaban J connectivity index is 3.31. The lowest BCUT2D eigenvalue weighted by Crippen LogP contribution is -2.16. The molecular formula is C7H13N. The fraction of sp³-hybridized carbons (Fsp3) is 0.429. The van der Waals surface area contributed by atoms with Crippen LogP contribution in [0.2, 0.25) is 0 Å². The van der Waals surface area contributed by atoms with Crippen molar-refractivity contribution in [2.75, 3.05) is 0 Å². The minimum absolute atomic E-state index is 0.414. The molecule has 0 aliphatic rings. The first-order chi connectivity index (χ1) is 3.81. The van der Waals surface area contributed by atoms with Crippen molar-refractivity contribution in [1.29, 1.82) is 0 Å². The SMILES string of the molecule is C=CN[C@H](C)/C=C\C. The Morgan fingerprint density at radius 2 is 2.25 bits per heavy atom. The molecule has 0 aromatic rings. The summed E-state index contributed by atoms with van der Waals surface area (Å²) in [5.74, 6) is 0. The molecular weight excluding hydrogens is 98.1 g/mol. The highest BCUT2D eigenvalue weighted by Crippen LogP contribution is 1.81. The minimum Gasteiger partial charge on any atom is -0.385 e. The van der Waals surface area contributed by atoms with Crippen LogP contribution in [0.25, 0.3) is 0 Å². The van der Waals surface area contributed by atoms with E-state index in [1.807, 2.05) is 13.0 Å². The predicted molar refractivity (Wildman–Crippen MR) is 37.6 cm³/mol. The first kappa shape index (κ1) is 7.28. The summed E-state index contributed by atoms with van der Waals surface area (Å²) in [5.41, 5.74) is 0. The standard InChI is InChI=1S/C7H13N/c1-4-6-7(3)8-5-2/h4-8H,2H2,1,3H3/b6-4-/t7-/m1/s1. The summed E-state index contributed by atoms with van der Waals surface area (Å²) in [7, 11) is 0. The van der Waals surface area contributed by atoms with E-state index in [1.54, 1.807) is 6.20 Å². The van der Waals surface area contributed by atoms with Crippen LogP contribution < -0.4 is 5.32 Å². The van der Waals surface area contributed by atoms with Gasteiger partial charge in [-0.3, -0.25) is 0 Å². The molecule has 1 atom stereocenters. The van der Waals surface area contributed by atoms with Gasteiger partial charge in [-0.15, -0.1) is 0 Å². The molecule has 8 heavy (non-hydrogen) atoms. The summed E-state index contributed by atoms with van der Waals surface area (Å²) in [4.78, 5) is 0. The maximum absolute atomic E-state index is 3.54. The Hall–Kier alpha value is -0.720. The number of hydrogen-bond donors (Lipinski definition) is 1. The van der Waals surface area contributed by atoms with Gasteiger partial charge < -0.3 is 5.32 Å². The molecule has 0 spiro atoms. The molecule has 0 aliphatic carbocycles. The van der Waals surface area contributed by atoms with E-state index in [0.29, 0.717) is 6.04 Å². The fourth-order valence-corrected chi connectivity index (χ4v) is 0.530. The maximum atomic E-state index is 3.54. The van der Waals surface area contributed by atoms with Crippen LogP contribution in [-0.4, -0.2) is 6.04 Å². The summed E-state index contributed by atoms with van der Waals surface area (Å²) >= 11 is 0. The zero-order valence-electron chi connectivity index (χ0n) is 5.52. The van der Waals surface area contributed by atoms with Gasteiger partial charge in [0.2, 0.25) is 0 Å². The van der Waals surface area contributed by atoms with E-state index in [0.717, 1.165) is 0 Å². The van der Waals surface area contributed by atoms with E-state index in [-0.39, 0.29) is 0 Å². The molecule has 0 amide bonds. The summed E-state index contributed by atoms with van der Waals surface area (Å²) < 4.78 is 0. The van der Waals surface area contributed by atoms with Crippen LogP contribution in [0.4, 0.5) is 0 Å². The van der Waals surface area contributed by atoms with E-state index < -0.39 is 0 Å². The lowest BCUT2D eigenvalue weighted by molar-refractivity contribution is 0.770. The highest BCUT2D eigenvalue weighted by molar-refractivity contribution is 4.90. The molecule has 0 aromatic heterocycles. The molecule has 1 heteroatoms. The van der Waals surface area contributed by atoms with E-state index in [1.165, 1.54) is 0 Å².